The van der Waals surface area contributed by atoms with Crippen LogP contribution in [0, 0.1) is 17.1 Å². The molecule has 8 nitrogen and oxygen atoms in total. The lowest BCUT2D eigenvalue weighted by Gasteiger charge is -2.19. The van der Waals surface area contributed by atoms with E-state index in [2.05, 4.69) is 34.1 Å². The molecule has 1 aromatic carbocycles. The van der Waals surface area contributed by atoms with Crippen LogP contribution in [0.15, 0.2) is 59.8 Å². The van der Waals surface area contributed by atoms with E-state index in [1.165, 1.54) is 35.3 Å². The number of anilines is 2. The zero-order valence-corrected chi connectivity index (χ0v) is 18.6. The van der Waals surface area contributed by atoms with E-state index < -0.39 is 11.9 Å². The van der Waals surface area contributed by atoms with Crippen LogP contribution in [-0.2, 0) is 0 Å². The summed E-state index contributed by atoms with van der Waals surface area (Å²) >= 11 is 0. The standard InChI is InChI=1S/C21H16FN7O.C3H8/c1-12(27-20-15(10-23)19(24)25-11-26-20)18-17(13-5-4-6-14(22)9-13)21(30)29-8-3-2-7-16(29)28-18;1-3-2/h2-9,11-12H,1H3,(H3,24,25,26,27);3H2,1-2H3. The molecule has 1 unspecified atom stereocenters. The van der Waals surface area contributed by atoms with Crippen molar-refractivity contribution in [2.75, 3.05) is 11.1 Å². The van der Waals surface area contributed by atoms with E-state index in [0.29, 0.717) is 16.9 Å². The average molecular weight is 446 g/mol. The summed E-state index contributed by atoms with van der Waals surface area (Å²) in [7, 11) is 0. The van der Waals surface area contributed by atoms with Crippen LogP contribution in [0.5, 0.6) is 0 Å². The lowest BCUT2D eigenvalue weighted by atomic mass is 10.0. The lowest BCUT2D eigenvalue weighted by molar-refractivity contribution is 0.628. The van der Waals surface area contributed by atoms with Crippen molar-refractivity contribution in [2.45, 2.75) is 33.2 Å². The van der Waals surface area contributed by atoms with Gasteiger partial charge in [0.25, 0.3) is 5.56 Å². The Bertz CT molecular complexity index is 1380. The Morgan fingerprint density at radius 2 is 1.97 bits per heavy atom. The predicted octanol–water partition coefficient (Wildman–Crippen LogP) is 4.33. The second-order valence-corrected chi connectivity index (χ2v) is 7.28. The number of pyridine rings is 1. The van der Waals surface area contributed by atoms with Gasteiger partial charge in [-0.3, -0.25) is 9.20 Å². The number of hydrogen-bond donors (Lipinski definition) is 2. The van der Waals surface area contributed by atoms with E-state index in [-0.39, 0.29) is 28.3 Å². The molecule has 0 spiro atoms. The number of benzene rings is 1. The van der Waals surface area contributed by atoms with E-state index in [9.17, 15) is 14.4 Å². The Kier molecular flexibility index (Phi) is 7.31. The Morgan fingerprint density at radius 1 is 1.21 bits per heavy atom. The first-order valence-electron chi connectivity index (χ1n) is 10.5. The van der Waals surface area contributed by atoms with Crippen molar-refractivity contribution < 1.29 is 4.39 Å². The number of halogens is 1. The molecule has 0 bridgehead atoms. The van der Waals surface area contributed by atoms with Gasteiger partial charge in [0.1, 0.15) is 41.1 Å². The maximum Gasteiger partial charge on any atom is 0.266 e. The van der Waals surface area contributed by atoms with Crippen molar-refractivity contribution in [1.29, 1.82) is 5.26 Å². The van der Waals surface area contributed by atoms with Crippen LogP contribution in [-0.4, -0.2) is 19.4 Å². The average Bonchev–Trinajstić information content (AvgIpc) is 2.79. The van der Waals surface area contributed by atoms with Gasteiger partial charge in [0.05, 0.1) is 17.3 Å². The smallest absolute Gasteiger partial charge is 0.266 e. The van der Waals surface area contributed by atoms with Crippen molar-refractivity contribution in [3.8, 4) is 17.2 Å². The Hall–Kier alpha value is -4.32. The second-order valence-electron chi connectivity index (χ2n) is 7.28. The normalized spacial score (nSPS) is 11.2. The van der Waals surface area contributed by atoms with Gasteiger partial charge in [-0.15, -0.1) is 0 Å². The van der Waals surface area contributed by atoms with Crippen LogP contribution in [0.4, 0.5) is 16.0 Å². The molecule has 9 heteroatoms. The molecular weight excluding hydrogens is 421 g/mol. The van der Waals surface area contributed by atoms with Crippen LogP contribution < -0.4 is 16.6 Å². The minimum absolute atomic E-state index is 0.0408. The molecule has 33 heavy (non-hydrogen) atoms. The molecule has 0 saturated heterocycles. The molecule has 1 atom stereocenters. The number of nitrogens with one attached hydrogen (secondary N) is 1. The summed E-state index contributed by atoms with van der Waals surface area (Å²) in [6.45, 7) is 6.02. The number of nitrogens with zero attached hydrogens (tertiary/aromatic N) is 5. The number of aromatic nitrogens is 4. The highest BCUT2D eigenvalue weighted by Crippen LogP contribution is 2.28. The van der Waals surface area contributed by atoms with Crippen molar-refractivity contribution in [3.05, 3.63) is 82.4 Å². The third-order valence-electron chi connectivity index (χ3n) is 4.63. The molecule has 0 aliphatic carbocycles. The maximum atomic E-state index is 13.9. The highest BCUT2D eigenvalue weighted by Gasteiger charge is 2.21. The molecule has 0 saturated carbocycles. The molecule has 3 heterocycles. The van der Waals surface area contributed by atoms with E-state index in [0.717, 1.165) is 0 Å². The summed E-state index contributed by atoms with van der Waals surface area (Å²) in [6.07, 6.45) is 4.09. The SMILES string of the molecule is CC(Nc1ncnc(N)c1C#N)c1nc2ccccn2c(=O)c1-c1cccc(F)c1.CCC. The summed E-state index contributed by atoms with van der Waals surface area (Å²) in [5.41, 5.74) is 6.99. The first-order valence-corrected chi connectivity index (χ1v) is 10.5. The van der Waals surface area contributed by atoms with Crippen LogP contribution in [0.3, 0.4) is 0 Å². The second kappa shape index (κ2) is 10.3. The van der Waals surface area contributed by atoms with E-state index in [1.54, 1.807) is 37.4 Å². The van der Waals surface area contributed by atoms with Gasteiger partial charge in [-0.2, -0.15) is 5.26 Å². The Balaban J connectivity index is 0.000000968. The zero-order valence-electron chi connectivity index (χ0n) is 18.6. The Morgan fingerprint density at radius 3 is 2.67 bits per heavy atom. The molecule has 3 N–H and O–H groups in total. The zero-order chi connectivity index (χ0) is 24.0. The first kappa shape index (κ1) is 23.3. The predicted molar refractivity (Wildman–Crippen MR) is 126 cm³/mol. The first-order chi connectivity index (χ1) is 15.9. The van der Waals surface area contributed by atoms with Gasteiger partial charge in [-0.1, -0.05) is 38.5 Å². The fourth-order valence-electron chi connectivity index (χ4n) is 3.23. The number of nitrogens with two attached hydrogens (primary N) is 1. The van der Waals surface area contributed by atoms with Crippen LogP contribution in [0.25, 0.3) is 16.8 Å². The number of nitriles is 1. The lowest BCUT2D eigenvalue weighted by Crippen LogP contribution is -2.23. The minimum atomic E-state index is -0.553. The summed E-state index contributed by atoms with van der Waals surface area (Å²) in [4.78, 5) is 25.8. The van der Waals surface area contributed by atoms with Crippen molar-refractivity contribution >= 4 is 17.3 Å². The fourth-order valence-corrected chi connectivity index (χ4v) is 3.23. The van der Waals surface area contributed by atoms with Crippen LogP contribution in [0.1, 0.15) is 44.5 Å². The molecule has 4 aromatic rings. The van der Waals surface area contributed by atoms with E-state index in [4.69, 9.17) is 5.73 Å². The van der Waals surface area contributed by atoms with Crippen molar-refractivity contribution in [1.82, 2.24) is 19.4 Å². The summed E-state index contributed by atoms with van der Waals surface area (Å²) in [5.74, 6) is -0.205. The number of rotatable bonds is 4. The van der Waals surface area contributed by atoms with Crippen molar-refractivity contribution in [2.24, 2.45) is 0 Å². The van der Waals surface area contributed by atoms with Gasteiger partial charge < -0.3 is 11.1 Å². The van der Waals surface area contributed by atoms with E-state index >= 15 is 0 Å². The summed E-state index contributed by atoms with van der Waals surface area (Å²) in [6, 6.07) is 12.4. The highest BCUT2D eigenvalue weighted by atomic mass is 19.1. The quantitative estimate of drug-likeness (QED) is 0.479. The van der Waals surface area contributed by atoms with Crippen molar-refractivity contribution in [3.63, 3.8) is 0 Å². The van der Waals surface area contributed by atoms with Gasteiger partial charge in [-0.25, -0.2) is 19.3 Å². The monoisotopic (exact) mass is 445 g/mol. The number of nitrogen functional groups attached to an aromatic ring is 1. The van der Waals surface area contributed by atoms with Crippen LogP contribution >= 0.6 is 0 Å². The summed E-state index contributed by atoms with van der Waals surface area (Å²) in [5, 5.41) is 12.4. The molecular formula is C24H24FN7O. The number of hydrogen-bond acceptors (Lipinski definition) is 7. The Labute approximate surface area is 190 Å². The van der Waals surface area contributed by atoms with Crippen LogP contribution in [0.2, 0.25) is 0 Å². The third kappa shape index (κ3) is 4.96. The molecule has 0 fully saturated rings. The molecule has 0 aliphatic rings. The summed E-state index contributed by atoms with van der Waals surface area (Å²) < 4.78 is 15.3. The third-order valence-corrected chi connectivity index (χ3v) is 4.63. The van der Waals surface area contributed by atoms with Gasteiger partial charge >= 0.3 is 0 Å². The molecule has 4 rings (SSSR count). The molecule has 0 amide bonds. The molecule has 3 aromatic heterocycles. The number of fused-ring (bicyclic) bond motifs is 1. The fraction of sp³-hybridized carbons (Fsp3) is 0.208. The molecule has 0 aliphatic heterocycles. The van der Waals surface area contributed by atoms with Gasteiger partial charge in [0.15, 0.2) is 0 Å². The van der Waals surface area contributed by atoms with E-state index in [1.807, 2.05) is 6.07 Å². The minimum Gasteiger partial charge on any atom is -0.382 e. The van der Waals surface area contributed by atoms with Gasteiger partial charge in [0.2, 0.25) is 0 Å². The van der Waals surface area contributed by atoms with Gasteiger partial charge in [0, 0.05) is 6.20 Å². The van der Waals surface area contributed by atoms with Gasteiger partial charge in [-0.05, 0) is 36.8 Å². The highest BCUT2D eigenvalue weighted by molar-refractivity contribution is 5.69. The molecule has 168 valence electrons. The molecule has 0 radical (unpaired) electrons. The maximum absolute atomic E-state index is 13.9. The topological polar surface area (TPSA) is 122 Å². The largest absolute Gasteiger partial charge is 0.382 e.